The molecule has 66 valence electrons. The molecule has 0 radical (unpaired) electrons. The van der Waals surface area contributed by atoms with Crippen LogP contribution in [0.3, 0.4) is 0 Å². The topological polar surface area (TPSA) is 77.8 Å². The van der Waals surface area contributed by atoms with Gasteiger partial charge in [0, 0.05) is 12.4 Å². The summed E-state index contributed by atoms with van der Waals surface area (Å²) in [6.07, 6.45) is 4.65. The molecule has 0 bridgehead atoms. The molecule has 2 aromatic rings. The van der Waals surface area contributed by atoms with Crippen LogP contribution in [0.5, 0.6) is 0 Å². The van der Waals surface area contributed by atoms with Gasteiger partial charge in [0.05, 0.1) is 11.9 Å². The second kappa shape index (κ2) is 2.85. The lowest BCUT2D eigenvalue weighted by molar-refractivity contribution is 0.431. The van der Waals surface area contributed by atoms with Gasteiger partial charge in [-0.2, -0.15) is 0 Å². The zero-order valence-electron chi connectivity index (χ0n) is 7.06. The van der Waals surface area contributed by atoms with Crippen molar-refractivity contribution in [1.29, 1.82) is 0 Å². The molecule has 5 heteroatoms. The zero-order chi connectivity index (χ0) is 9.26. The first-order valence-electron chi connectivity index (χ1n) is 3.77. The predicted molar refractivity (Wildman–Crippen MR) is 46.7 cm³/mol. The molecule has 2 rings (SSSR count). The van der Waals surface area contributed by atoms with Gasteiger partial charge in [-0.15, -0.1) is 0 Å². The Morgan fingerprint density at radius 3 is 2.69 bits per heavy atom. The largest absolute Gasteiger partial charge is 0.394 e. The van der Waals surface area contributed by atoms with Gasteiger partial charge >= 0.3 is 0 Å². The van der Waals surface area contributed by atoms with E-state index < -0.39 is 0 Å². The molecule has 0 aromatic carbocycles. The Hall–Kier alpha value is -1.91. The molecule has 0 saturated carbocycles. The van der Waals surface area contributed by atoms with Crippen molar-refractivity contribution in [3.05, 3.63) is 24.3 Å². The Kier molecular flexibility index (Phi) is 1.70. The molecule has 0 saturated heterocycles. The third-order valence-corrected chi connectivity index (χ3v) is 1.69. The van der Waals surface area contributed by atoms with Crippen molar-refractivity contribution in [2.75, 3.05) is 5.73 Å². The van der Waals surface area contributed by atoms with Gasteiger partial charge < -0.3 is 10.3 Å². The second-order valence-corrected chi connectivity index (χ2v) is 2.60. The molecule has 2 aromatic heterocycles. The minimum absolute atomic E-state index is 0.476. The fourth-order valence-corrected chi connectivity index (χ4v) is 1.06. The number of hydrogen-bond acceptors (Lipinski definition) is 5. The first kappa shape index (κ1) is 7.72. The molecule has 0 aliphatic heterocycles. The molecule has 5 nitrogen and oxygen atoms in total. The molecule has 0 aliphatic carbocycles. The Morgan fingerprint density at radius 2 is 2.08 bits per heavy atom. The highest BCUT2D eigenvalue weighted by Gasteiger charge is 2.11. The number of aromatic nitrogens is 3. The molecule has 0 spiro atoms. The van der Waals surface area contributed by atoms with Gasteiger partial charge in [-0.3, -0.25) is 4.98 Å². The Labute approximate surface area is 74.6 Å². The van der Waals surface area contributed by atoms with E-state index in [2.05, 4.69) is 15.1 Å². The number of anilines is 1. The number of nitrogen functional groups attached to an aromatic ring is 1. The smallest absolute Gasteiger partial charge is 0.209 e. The van der Waals surface area contributed by atoms with Crippen molar-refractivity contribution in [3.63, 3.8) is 0 Å². The second-order valence-electron chi connectivity index (χ2n) is 2.60. The van der Waals surface area contributed by atoms with Gasteiger partial charge in [-0.25, -0.2) is 4.98 Å². The number of nitrogens with two attached hydrogens (primary N) is 1. The summed E-state index contributed by atoms with van der Waals surface area (Å²) in [5.41, 5.74) is 7.50. The monoisotopic (exact) mass is 176 g/mol. The predicted octanol–water partition coefficient (Wildman–Crippen LogP) is 1.02. The van der Waals surface area contributed by atoms with Crippen LogP contribution in [0.2, 0.25) is 0 Å². The molecule has 0 atom stereocenters. The Bertz CT molecular complexity index is 424. The van der Waals surface area contributed by atoms with Crippen molar-refractivity contribution < 1.29 is 4.52 Å². The van der Waals surface area contributed by atoms with Crippen LogP contribution in [0.25, 0.3) is 11.5 Å². The highest BCUT2D eigenvalue weighted by atomic mass is 16.5. The molecule has 0 aliphatic rings. The van der Waals surface area contributed by atoms with Gasteiger partial charge in [0.2, 0.25) is 5.76 Å². The van der Waals surface area contributed by atoms with Crippen molar-refractivity contribution in [2.24, 2.45) is 0 Å². The van der Waals surface area contributed by atoms with Crippen molar-refractivity contribution >= 4 is 5.69 Å². The molecule has 0 amide bonds. The third-order valence-electron chi connectivity index (χ3n) is 1.69. The highest BCUT2D eigenvalue weighted by molar-refractivity contribution is 5.67. The molecular formula is C8H8N4O. The molecule has 13 heavy (non-hydrogen) atoms. The number of aryl methyl sites for hydroxylation is 1. The summed E-state index contributed by atoms with van der Waals surface area (Å²) < 4.78 is 4.95. The highest BCUT2D eigenvalue weighted by Crippen LogP contribution is 2.24. The van der Waals surface area contributed by atoms with Crippen LogP contribution < -0.4 is 5.73 Å². The maximum Gasteiger partial charge on any atom is 0.209 e. The van der Waals surface area contributed by atoms with Crippen LogP contribution in [-0.2, 0) is 0 Å². The summed E-state index contributed by atoms with van der Waals surface area (Å²) in [7, 11) is 0. The van der Waals surface area contributed by atoms with Crippen molar-refractivity contribution in [2.45, 2.75) is 6.92 Å². The van der Waals surface area contributed by atoms with Gasteiger partial charge in [0.25, 0.3) is 0 Å². The molecule has 2 heterocycles. The molecule has 0 unspecified atom stereocenters. The van der Waals surface area contributed by atoms with Gasteiger partial charge in [-0.05, 0) is 6.92 Å². The first-order valence-corrected chi connectivity index (χ1v) is 3.77. The Balaban J connectivity index is 2.59. The van der Waals surface area contributed by atoms with Gasteiger partial charge in [-0.1, -0.05) is 5.16 Å². The lowest BCUT2D eigenvalue weighted by atomic mass is 10.2. The van der Waals surface area contributed by atoms with Crippen LogP contribution in [0.1, 0.15) is 5.69 Å². The van der Waals surface area contributed by atoms with Gasteiger partial charge in [0.15, 0.2) is 0 Å². The number of rotatable bonds is 1. The number of hydrogen-bond donors (Lipinski definition) is 1. The van der Waals surface area contributed by atoms with Gasteiger partial charge in [0.1, 0.15) is 11.4 Å². The van der Waals surface area contributed by atoms with E-state index in [1.807, 2.05) is 6.92 Å². The van der Waals surface area contributed by atoms with Crippen LogP contribution in [0.15, 0.2) is 23.1 Å². The summed E-state index contributed by atoms with van der Waals surface area (Å²) in [5, 5.41) is 3.57. The summed E-state index contributed by atoms with van der Waals surface area (Å²) in [4.78, 5) is 8.18. The maximum atomic E-state index is 5.62. The van der Waals surface area contributed by atoms with Crippen LogP contribution in [-0.4, -0.2) is 15.1 Å². The normalized spacial score (nSPS) is 10.2. The third kappa shape index (κ3) is 1.24. The minimum atomic E-state index is 0.476. The van der Waals surface area contributed by atoms with Crippen molar-refractivity contribution in [3.8, 4) is 11.5 Å². The van der Waals surface area contributed by atoms with E-state index in [0.29, 0.717) is 17.1 Å². The summed E-state index contributed by atoms with van der Waals surface area (Å²) >= 11 is 0. The molecular weight excluding hydrogens is 168 g/mol. The standard InChI is InChI=1S/C8H8N4O/c1-5-7(11-3-2-10-5)8-6(9)4-12-13-8/h2-4H,9H2,1H3. The fourth-order valence-electron chi connectivity index (χ4n) is 1.06. The van der Waals surface area contributed by atoms with E-state index >= 15 is 0 Å². The maximum absolute atomic E-state index is 5.62. The quantitative estimate of drug-likeness (QED) is 0.701. The Morgan fingerprint density at radius 1 is 1.31 bits per heavy atom. The fraction of sp³-hybridized carbons (Fsp3) is 0.125. The zero-order valence-corrected chi connectivity index (χ0v) is 7.06. The minimum Gasteiger partial charge on any atom is -0.394 e. The average molecular weight is 176 g/mol. The number of nitrogens with zero attached hydrogens (tertiary/aromatic N) is 3. The summed E-state index contributed by atoms with van der Waals surface area (Å²) in [5.74, 6) is 0.477. The van der Waals surface area contributed by atoms with Crippen LogP contribution in [0.4, 0.5) is 5.69 Å². The molecule has 0 fully saturated rings. The van der Waals surface area contributed by atoms with E-state index in [1.54, 1.807) is 12.4 Å². The van der Waals surface area contributed by atoms with E-state index in [0.717, 1.165) is 5.69 Å². The van der Waals surface area contributed by atoms with E-state index in [1.165, 1.54) is 6.20 Å². The lowest BCUT2D eigenvalue weighted by Crippen LogP contribution is -1.92. The van der Waals surface area contributed by atoms with E-state index in [-0.39, 0.29) is 0 Å². The van der Waals surface area contributed by atoms with E-state index in [4.69, 9.17) is 10.3 Å². The van der Waals surface area contributed by atoms with Crippen molar-refractivity contribution in [1.82, 2.24) is 15.1 Å². The average Bonchev–Trinajstić information content (AvgIpc) is 2.52. The van der Waals surface area contributed by atoms with Crippen LogP contribution in [0, 0.1) is 6.92 Å². The van der Waals surface area contributed by atoms with E-state index in [9.17, 15) is 0 Å². The summed E-state index contributed by atoms with van der Waals surface area (Å²) in [6.45, 7) is 1.84. The molecule has 2 N–H and O–H groups in total. The summed E-state index contributed by atoms with van der Waals surface area (Å²) in [6, 6.07) is 0. The first-order chi connectivity index (χ1) is 6.29. The lowest BCUT2D eigenvalue weighted by Gasteiger charge is -1.98. The van der Waals surface area contributed by atoms with Crippen LogP contribution >= 0.6 is 0 Å². The SMILES string of the molecule is Cc1nccnc1-c1oncc1N.